The highest BCUT2D eigenvalue weighted by atomic mass is 16.4. The van der Waals surface area contributed by atoms with Crippen molar-refractivity contribution in [2.75, 3.05) is 0 Å². The largest absolute Gasteiger partial charge is 0.409 e. The smallest absolute Gasteiger partial charge is 0.145 e. The maximum atomic E-state index is 8.45. The van der Waals surface area contributed by atoms with Crippen molar-refractivity contribution in [2.24, 2.45) is 10.9 Å². The molecule has 0 saturated carbocycles. The molecule has 3 N–H and O–H groups in total. The number of rotatable bonds is 2. The van der Waals surface area contributed by atoms with Crippen LogP contribution >= 0.6 is 0 Å². The fourth-order valence-corrected chi connectivity index (χ4v) is 1.51. The number of hydrogen-bond acceptors (Lipinski definition) is 3. The third kappa shape index (κ3) is 1.76. The van der Waals surface area contributed by atoms with E-state index in [2.05, 4.69) is 10.1 Å². The number of aromatic nitrogens is 2. The first-order chi connectivity index (χ1) is 7.20. The summed E-state index contributed by atoms with van der Waals surface area (Å²) in [6, 6.07) is 3.95. The maximum Gasteiger partial charge on any atom is 0.145 e. The molecule has 0 aliphatic carbocycles. The minimum atomic E-state index is 0.163. The lowest BCUT2D eigenvalue weighted by atomic mass is 10.3. The Bertz CT molecular complexity index is 515. The lowest BCUT2D eigenvalue weighted by Gasteiger charge is -1.94. The Hall–Kier alpha value is -2.04. The van der Waals surface area contributed by atoms with Crippen molar-refractivity contribution in [2.45, 2.75) is 13.3 Å². The van der Waals surface area contributed by atoms with Gasteiger partial charge in [-0.25, -0.2) is 4.98 Å². The fourth-order valence-electron chi connectivity index (χ4n) is 1.51. The van der Waals surface area contributed by atoms with Gasteiger partial charge < -0.3 is 15.3 Å². The van der Waals surface area contributed by atoms with Crippen molar-refractivity contribution in [3.63, 3.8) is 0 Å². The summed E-state index contributed by atoms with van der Waals surface area (Å²) in [7, 11) is 0. The summed E-state index contributed by atoms with van der Waals surface area (Å²) in [5, 5.41) is 11.4. The van der Waals surface area contributed by atoms with Crippen molar-refractivity contribution in [3.8, 4) is 0 Å². The molecule has 0 aromatic carbocycles. The van der Waals surface area contributed by atoms with Crippen LogP contribution in [-0.4, -0.2) is 20.4 Å². The standard InChI is InChI=1S/C10H12N4O/c1-7-3-2-4-14-6-8(12-10(7)14)5-9(11)13-15/h2-4,6,15H,5H2,1H3,(H2,11,13). The van der Waals surface area contributed by atoms with Crippen LogP contribution in [0.4, 0.5) is 0 Å². The van der Waals surface area contributed by atoms with Gasteiger partial charge in [0.05, 0.1) is 12.1 Å². The fraction of sp³-hybridized carbons (Fsp3) is 0.200. The summed E-state index contributed by atoms with van der Waals surface area (Å²) in [5.41, 5.74) is 8.21. The summed E-state index contributed by atoms with van der Waals surface area (Å²) in [6.07, 6.45) is 4.16. The Labute approximate surface area is 86.8 Å². The van der Waals surface area contributed by atoms with Crippen molar-refractivity contribution in [1.82, 2.24) is 9.38 Å². The Balaban J connectivity index is 2.43. The van der Waals surface area contributed by atoms with Gasteiger partial charge >= 0.3 is 0 Å². The quantitative estimate of drug-likeness (QED) is 0.331. The van der Waals surface area contributed by atoms with Gasteiger partial charge in [-0.15, -0.1) is 0 Å². The van der Waals surface area contributed by atoms with E-state index >= 15 is 0 Å². The molecule has 0 unspecified atom stereocenters. The van der Waals surface area contributed by atoms with Crippen LogP contribution in [0.2, 0.25) is 0 Å². The Morgan fingerprint density at radius 1 is 1.67 bits per heavy atom. The molecule has 0 saturated heterocycles. The van der Waals surface area contributed by atoms with E-state index in [1.54, 1.807) is 0 Å². The number of oxime groups is 1. The first-order valence-corrected chi connectivity index (χ1v) is 4.60. The molecule has 2 heterocycles. The van der Waals surface area contributed by atoms with Crippen LogP contribution < -0.4 is 5.73 Å². The lowest BCUT2D eigenvalue weighted by molar-refractivity contribution is 0.317. The molecule has 0 amide bonds. The Morgan fingerprint density at radius 2 is 2.47 bits per heavy atom. The average molecular weight is 204 g/mol. The molecule has 2 rings (SSSR count). The van der Waals surface area contributed by atoms with E-state index in [0.717, 1.165) is 16.9 Å². The van der Waals surface area contributed by atoms with Crippen molar-refractivity contribution in [3.05, 3.63) is 35.8 Å². The number of aryl methyl sites for hydroxylation is 1. The van der Waals surface area contributed by atoms with Gasteiger partial charge in [0.25, 0.3) is 0 Å². The highest BCUT2D eigenvalue weighted by molar-refractivity contribution is 5.81. The van der Waals surface area contributed by atoms with E-state index in [4.69, 9.17) is 10.9 Å². The molecule has 15 heavy (non-hydrogen) atoms. The molecule has 2 aromatic rings. The summed E-state index contributed by atoms with van der Waals surface area (Å²) in [6.45, 7) is 2.00. The zero-order valence-corrected chi connectivity index (χ0v) is 8.38. The van der Waals surface area contributed by atoms with Gasteiger partial charge in [-0.2, -0.15) is 0 Å². The predicted octanol–water partition coefficient (Wildman–Crippen LogP) is 0.932. The molecule has 5 nitrogen and oxygen atoms in total. The van der Waals surface area contributed by atoms with Crippen LogP contribution in [-0.2, 0) is 6.42 Å². The number of pyridine rings is 1. The van der Waals surface area contributed by atoms with Crippen LogP contribution in [0, 0.1) is 6.92 Å². The zero-order chi connectivity index (χ0) is 10.8. The number of hydrogen-bond donors (Lipinski definition) is 2. The molecule has 0 radical (unpaired) electrons. The molecular weight excluding hydrogens is 192 g/mol. The number of nitrogens with zero attached hydrogens (tertiary/aromatic N) is 3. The minimum absolute atomic E-state index is 0.163. The number of fused-ring (bicyclic) bond motifs is 1. The van der Waals surface area contributed by atoms with Crippen LogP contribution in [0.1, 0.15) is 11.3 Å². The minimum Gasteiger partial charge on any atom is -0.409 e. The second-order valence-corrected chi connectivity index (χ2v) is 3.42. The third-order valence-electron chi connectivity index (χ3n) is 2.22. The van der Waals surface area contributed by atoms with Crippen LogP contribution in [0.15, 0.2) is 29.7 Å². The molecule has 0 atom stereocenters. The van der Waals surface area contributed by atoms with E-state index in [1.807, 2.05) is 35.9 Å². The van der Waals surface area contributed by atoms with E-state index in [1.165, 1.54) is 0 Å². The van der Waals surface area contributed by atoms with Crippen molar-refractivity contribution >= 4 is 11.5 Å². The van der Waals surface area contributed by atoms with Crippen LogP contribution in [0.3, 0.4) is 0 Å². The van der Waals surface area contributed by atoms with E-state index in [-0.39, 0.29) is 5.84 Å². The summed E-state index contributed by atoms with van der Waals surface area (Å²) >= 11 is 0. The molecule has 0 aliphatic heterocycles. The van der Waals surface area contributed by atoms with Crippen LogP contribution in [0.25, 0.3) is 5.65 Å². The van der Waals surface area contributed by atoms with Crippen molar-refractivity contribution < 1.29 is 5.21 Å². The average Bonchev–Trinajstić information content (AvgIpc) is 2.62. The van der Waals surface area contributed by atoms with Gasteiger partial charge in [-0.3, -0.25) is 0 Å². The number of imidazole rings is 1. The number of nitrogens with two attached hydrogens (primary N) is 1. The summed E-state index contributed by atoms with van der Waals surface area (Å²) in [4.78, 5) is 4.39. The molecule has 2 aromatic heterocycles. The Morgan fingerprint density at radius 3 is 3.13 bits per heavy atom. The third-order valence-corrected chi connectivity index (χ3v) is 2.22. The van der Waals surface area contributed by atoms with Gasteiger partial charge in [-0.1, -0.05) is 11.2 Å². The Kier molecular flexibility index (Phi) is 2.29. The van der Waals surface area contributed by atoms with Gasteiger partial charge in [0.2, 0.25) is 0 Å². The van der Waals surface area contributed by atoms with Gasteiger partial charge in [-0.05, 0) is 18.6 Å². The molecule has 0 aliphatic rings. The van der Waals surface area contributed by atoms with Gasteiger partial charge in [0, 0.05) is 12.4 Å². The second kappa shape index (κ2) is 3.61. The van der Waals surface area contributed by atoms with Crippen LogP contribution in [0.5, 0.6) is 0 Å². The summed E-state index contributed by atoms with van der Waals surface area (Å²) in [5.74, 6) is 0.163. The summed E-state index contributed by atoms with van der Waals surface area (Å²) < 4.78 is 1.93. The van der Waals surface area contributed by atoms with Crippen molar-refractivity contribution in [1.29, 1.82) is 0 Å². The monoisotopic (exact) mass is 204 g/mol. The molecule has 0 spiro atoms. The normalized spacial score (nSPS) is 12.2. The first-order valence-electron chi connectivity index (χ1n) is 4.60. The highest BCUT2D eigenvalue weighted by Gasteiger charge is 2.05. The number of amidine groups is 1. The predicted molar refractivity (Wildman–Crippen MR) is 57.0 cm³/mol. The molecular formula is C10H12N4O. The van der Waals surface area contributed by atoms with Gasteiger partial charge in [0.15, 0.2) is 0 Å². The van der Waals surface area contributed by atoms with E-state index in [9.17, 15) is 0 Å². The molecule has 78 valence electrons. The molecule has 0 fully saturated rings. The van der Waals surface area contributed by atoms with Gasteiger partial charge in [0.1, 0.15) is 11.5 Å². The topological polar surface area (TPSA) is 75.9 Å². The first kappa shape index (κ1) is 9.51. The molecule has 0 bridgehead atoms. The van der Waals surface area contributed by atoms with E-state index in [0.29, 0.717) is 6.42 Å². The molecule has 5 heteroatoms. The zero-order valence-electron chi connectivity index (χ0n) is 8.38. The maximum absolute atomic E-state index is 8.45. The lowest BCUT2D eigenvalue weighted by Crippen LogP contribution is -2.14. The second-order valence-electron chi connectivity index (χ2n) is 3.42. The highest BCUT2D eigenvalue weighted by Crippen LogP contribution is 2.10. The van der Waals surface area contributed by atoms with E-state index < -0.39 is 0 Å². The SMILES string of the molecule is Cc1cccn2cc(C/C(N)=N/O)nc12.